The van der Waals surface area contributed by atoms with Gasteiger partial charge in [0.1, 0.15) is 6.61 Å². The number of cyclic esters (lactones) is 1. The largest absolute Gasteiger partial charge is 0.481 e. The van der Waals surface area contributed by atoms with E-state index in [0.717, 1.165) is 0 Å². The van der Waals surface area contributed by atoms with E-state index >= 15 is 0 Å². The number of ether oxygens (including phenoxy) is 2. The van der Waals surface area contributed by atoms with Gasteiger partial charge < -0.3 is 14.6 Å². The Hall–Kier alpha value is -2.05. The Labute approximate surface area is 115 Å². The molecule has 0 radical (unpaired) electrons. The predicted octanol–water partition coefficient (Wildman–Crippen LogP) is 0.605. The van der Waals surface area contributed by atoms with Crippen molar-refractivity contribution in [3.63, 3.8) is 0 Å². The Balaban J connectivity index is 1.86. The summed E-state index contributed by atoms with van der Waals surface area (Å²) in [5.41, 5.74) is -1.15. The molecular weight excluding hydrogens is 266 g/mol. The summed E-state index contributed by atoms with van der Waals surface area (Å²) < 4.78 is 9.96. The first kappa shape index (κ1) is 13.0. The summed E-state index contributed by atoms with van der Waals surface area (Å²) in [5, 5.41) is 9.16. The molecule has 3 rings (SSSR count). The molecule has 1 spiro atoms. The Morgan fingerprint density at radius 3 is 2.95 bits per heavy atom. The second-order valence-electron chi connectivity index (χ2n) is 5.37. The van der Waals surface area contributed by atoms with Crippen LogP contribution in [0.5, 0.6) is 0 Å². The van der Waals surface area contributed by atoms with Crippen LogP contribution in [0.4, 0.5) is 4.79 Å². The highest BCUT2D eigenvalue weighted by Crippen LogP contribution is 2.65. The number of carbonyl (C=O) groups is 3. The lowest BCUT2D eigenvalue weighted by atomic mass is 9.89. The molecule has 7 nitrogen and oxygen atoms in total. The maximum absolute atomic E-state index is 12.1. The van der Waals surface area contributed by atoms with E-state index in [-0.39, 0.29) is 25.2 Å². The molecule has 1 N–H and O–H groups in total. The van der Waals surface area contributed by atoms with Crippen molar-refractivity contribution in [2.75, 3.05) is 13.3 Å². The highest BCUT2D eigenvalue weighted by molar-refractivity contribution is 5.92. The van der Waals surface area contributed by atoms with Crippen molar-refractivity contribution in [3.05, 3.63) is 12.7 Å². The normalized spacial score (nSPS) is 37.5. The van der Waals surface area contributed by atoms with Crippen molar-refractivity contribution >= 4 is 18.0 Å². The van der Waals surface area contributed by atoms with Crippen LogP contribution >= 0.6 is 0 Å². The first-order chi connectivity index (χ1) is 9.54. The summed E-state index contributed by atoms with van der Waals surface area (Å²) in [4.78, 5) is 36.5. The fourth-order valence-electron chi connectivity index (χ4n) is 3.72. The van der Waals surface area contributed by atoms with Gasteiger partial charge in [-0.1, -0.05) is 12.7 Å². The lowest BCUT2D eigenvalue weighted by Gasteiger charge is -2.31. The number of aliphatic carboxylic acids is 1. The average Bonchev–Trinajstić information content (AvgIpc) is 2.91. The number of amides is 1. The molecule has 1 saturated heterocycles. The Kier molecular flexibility index (Phi) is 2.74. The molecule has 20 heavy (non-hydrogen) atoms. The number of fused-ring (bicyclic) bond motifs is 2. The van der Waals surface area contributed by atoms with E-state index in [1.165, 1.54) is 11.0 Å². The average molecular weight is 281 g/mol. The van der Waals surface area contributed by atoms with E-state index in [9.17, 15) is 14.4 Å². The van der Waals surface area contributed by atoms with E-state index in [0.29, 0.717) is 12.8 Å². The topological polar surface area (TPSA) is 93.1 Å². The van der Waals surface area contributed by atoms with Gasteiger partial charge in [-0.25, -0.2) is 9.59 Å². The van der Waals surface area contributed by atoms with Gasteiger partial charge in [-0.2, -0.15) is 0 Å². The number of hydrogen-bond donors (Lipinski definition) is 1. The SMILES string of the molecule is C=CCOC(=O)N1COC(=O)[C@@]12CC[C@H]1[C@H](C(=O)O)[C@H]12. The summed E-state index contributed by atoms with van der Waals surface area (Å²) in [6, 6.07) is 0. The number of carboxylic acid groups (broad SMARTS) is 1. The van der Waals surface area contributed by atoms with E-state index in [1.807, 2.05) is 0 Å². The van der Waals surface area contributed by atoms with Crippen molar-refractivity contribution in [2.45, 2.75) is 18.4 Å². The zero-order valence-corrected chi connectivity index (χ0v) is 10.8. The minimum absolute atomic E-state index is 0.0378. The number of carbonyl (C=O) groups excluding carboxylic acids is 2. The molecule has 1 heterocycles. The van der Waals surface area contributed by atoms with Crippen molar-refractivity contribution in [2.24, 2.45) is 17.8 Å². The second-order valence-corrected chi connectivity index (χ2v) is 5.37. The van der Waals surface area contributed by atoms with Crippen LogP contribution in [0, 0.1) is 17.8 Å². The quantitative estimate of drug-likeness (QED) is 0.601. The van der Waals surface area contributed by atoms with E-state index < -0.39 is 29.5 Å². The van der Waals surface area contributed by atoms with Crippen LogP contribution in [0.1, 0.15) is 12.8 Å². The number of nitrogens with zero attached hydrogens (tertiary/aromatic N) is 1. The maximum Gasteiger partial charge on any atom is 0.413 e. The summed E-state index contributed by atoms with van der Waals surface area (Å²) in [7, 11) is 0. The zero-order valence-electron chi connectivity index (χ0n) is 10.8. The van der Waals surface area contributed by atoms with Gasteiger partial charge in [-0.3, -0.25) is 9.69 Å². The molecule has 0 unspecified atom stereocenters. The van der Waals surface area contributed by atoms with Gasteiger partial charge in [0.15, 0.2) is 12.3 Å². The first-order valence-electron chi connectivity index (χ1n) is 6.49. The molecule has 0 aromatic carbocycles. The third-order valence-electron chi connectivity index (χ3n) is 4.57. The smallest absolute Gasteiger partial charge is 0.413 e. The molecule has 108 valence electrons. The van der Waals surface area contributed by atoms with Gasteiger partial charge in [-0.05, 0) is 18.8 Å². The monoisotopic (exact) mass is 281 g/mol. The molecule has 0 aromatic heterocycles. The molecule has 4 atom stereocenters. The molecule has 0 bridgehead atoms. The van der Waals surface area contributed by atoms with E-state index in [4.69, 9.17) is 14.6 Å². The maximum atomic E-state index is 12.1. The lowest BCUT2D eigenvalue weighted by Crippen LogP contribution is -2.52. The minimum atomic E-state index is -1.15. The third-order valence-corrected chi connectivity index (χ3v) is 4.57. The van der Waals surface area contributed by atoms with Gasteiger partial charge in [0, 0.05) is 5.92 Å². The summed E-state index contributed by atoms with van der Waals surface area (Å²) >= 11 is 0. The molecule has 7 heteroatoms. The summed E-state index contributed by atoms with van der Waals surface area (Å²) in [6.07, 6.45) is 1.82. The molecular formula is C13H15NO6. The number of carboxylic acids is 1. The number of esters is 1. The summed E-state index contributed by atoms with van der Waals surface area (Å²) in [5.74, 6) is -2.40. The molecule has 3 fully saturated rings. The fraction of sp³-hybridized carbons (Fsp3) is 0.615. The van der Waals surface area contributed by atoms with Crippen LogP contribution in [0.3, 0.4) is 0 Å². The molecule has 1 aliphatic heterocycles. The summed E-state index contributed by atoms with van der Waals surface area (Å²) in [6.45, 7) is 3.31. The van der Waals surface area contributed by atoms with Crippen LogP contribution < -0.4 is 0 Å². The standard InChI is InChI=1S/C13H15NO6/c1-2-5-19-12(18)14-6-20-11(17)13(14)4-3-7-8(9(7)13)10(15)16/h2,7-9H,1,3-6H2,(H,15,16)/t7-,8-,9-,13-/m0/s1. The van der Waals surface area contributed by atoms with Gasteiger partial charge in [0.25, 0.3) is 0 Å². The van der Waals surface area contributed by atoms with Crippen molar-refractivity contribution in [3.8, 4) is 0 Å². The highest BCUT2D eigenvalue weighted by atomic mass is 16.6. The van der Waals surface area contributed by atoms with Crippen LogP contribution in [0.2, 0.25) is 0 Å². The highest BCUT2D eigenvalue weighted by Gasteiger charge is 2.76. The van der Waals surface area contributed by atoms with Crippen molar-refractivity contribution < 1.29 is 29.0 Å². The second kappa shape index (κ2) is 4.22. The lowest BCUT2D eigenvalue weighted by molar-refractivity contribution is -0.144. The van der Waals surface area contributed by atoms with Crippen molar-refractivity contribution in [1.82, 2.24) is 4.90 Å². The van der Waals surface area contributed by atoms with E-state index in [1.54, 1.807) is 0 Å². The third kappa shape index (κ3) is 1.49. The fourth-order valence-corrected chi connectivity index (χ4v) is 3.72. The Morgan fingerprint density at radius 1 is 1.60 bits per heavy atom. The molecule has 2 aliphatic carbocycles. The van der Waals surface area contributed by atoms with Gasteiger partial charge >= 0.3 is 18.0 Å². The molecule has 0 aromatic rings. The van der Waals surface area contributed by atoms with Crippen molar-refractivity contribution in [1.29, 1.82) is 0 Å². The Morgan fingerprint density at radius 2 is 2.35 bits per heavy atom. The van der Waals surface area contributed by atoms with Crippen LogP contribution in [0.25, 0.3) is 0 Å². The zero-order chi connectivity index (χ0) is 14.5. The Bertz CT molecular complexity index is 503. The number of hydrogen-bond acceptors (Lipinski definition) is 5. The van der Waals surface area contributed by atoms with Gasteiger partial charge in [-0.15, -0.1) is 0 Å². The number of rotatable bonds is 3. The molecule has 3 aliphatic rings. The van der Waals surface area contributed by atoms with Crippen LogP contribution in [-0.4, -0.2) is 46.9 Å². The van der Waals surface area contributed by atoms with Gasteiger partial charge in [0.05, 0.1) is 5.92 Å². The molecule has 1 amide bonds. The first-order valence-corrected chi connectivity index (χ1v) is 6.49. The van der Waals surface area contributed by atoms with Gasteiger partial charge in [0.2, 0.25) is 0 Å². The van der Waals surface area contributed by atoms with Crippen LogP contribution in [0.15, 0.2) is 12.7 Å². The predicted molar refractivity (Wildman–Crippen MR) is 64.4 cm³/mol. The van der Waals surface area contributed by atoms with E-state index in [2.05, 4.69) is 6.58 Å². The molecule has 2 saturated carbocycles. The minimum Gasteiger partial charge on any atom is -0.481 e. The van der Waals surface area contributed by atoms with Crippen LogP contribution in [-0.2, 0) is 19.1 Å².